The zero-order valence-corrected chi connectivity index (χ0v) is 19.5. The van der Waals surface area contributed by atoms with Crippen LogP contribution in [0.1, 0.15) is 17.5 Å². The fourth-order valence-electron chi connectivity index (χ4n) is 3.78. The standard InChI is InChI=1S/C23H26F6N4O4/c24-22(25,26)16-2-5-18(6-3-16)31-9-11-32(12-10-31)21(34)15-37-13-1-8-30-17-4-7-20(33(35)36)19(14-17)23(27,28)29/h2-7,14,30,35-36H,1,8-13,15H2. The van der Waals surface area contributed by atoms with Crippen molar-refractivity contribution in [3.05, 3.63) is 53.6 Å². The van der Waals surface area contributed by atoms with E-state index in [2.05, 4.69) is 5.32 Å². The largest absolute Gasteiger partial charge is 0.418 e. The normalized spacial score (nSPS) is 14.6. The van der Waals surface area contributed by atoms with Crippen molar-refractivity contribution in [2.24, 2.45) is 0 Å². The highest BCUT2D eigenvalue weighted by molar-refractivity contribution is 5.77. The van der Waals surface area contributed by atoms with Crippen molar-refractivity contribution in [3.8, 4) is 0 Å². The number of piperazine rings is 1. The lowest BCUT2D eigenvalue weighted by Gasteiger charge is -2.36. The Morgan fingerprint density at radius 1 is 0.946 bits per heavy atom. The first-order valence-corrected chi connectivity index (χ1v) is 11.3. The SMILES string of the molecule is O=C(COCCCNc1ccc(N(O)O)c(C(F)(F)F)c1)N1CCN(c2ccc(C(F)(F)F)cc2)CC1. The maximum atomic E-state index is 13.1. The minimum absolute atomic E-state index is 0.125. The number of nitrogens with zero attached hydrogens (tertiary/aromatic N) is 3. The van der Waals surface area contributed by atoms with Crippen LogP contribution in [0.15, 0.2) is 42.5 Å². The van der Waals surface area contributed by atoms with Gasteiger partial charge < -0.3 is 19.9 Å². The van der Waals surface area contributed by atoms with Crippen molar-refractivity contribution in [2.75, 3.05) is 61.4 Å². The molecule has 3 N–H and O–H groups in total. The zero-order chi connectivity index (χ0) is 27.2. The van der Waals surface area contributed by atoms with Crippen molar-refractivity contribution < 1.29 is 46.3 Å². The first-order valence-electron chi connectivity index (χ1n) is 11.3. The van der Waals surface area contributed by atoms with E-state index in [0.717, 1.165) is 24.3 Å². The third kappa shape index (κ3) is 7.87. The van der Waals surface area contributed by atoms with E-state index in [4.69, 9.17) is 15.2 Å². The summed E-state index contributed by atoms with van der Waals surface area (Å²) in [6.45, 7) is 1.96. The molecule has 0 unspecified atom stereocenters. The smallest absolute Gasteiger partial charge is 0.385 e. The van der Waals surface area contributed by atoms with E-state index >= 15 is 0 Å². The van der Waals surface area contributed by atoms with Crippen molar-refractivity contribution in [3.63, 3.8) is 0 Å². The van der Waals surface area contributed by atoms with Gasteiger partial charge in [0.25, 0.3) is 0 Å². The highest BCUT2D eigenvalue weighted by Crippen LogP contribution is 2.37. The van der Waals surface area contributed by atoms with Crippen molar-refractivity contribution >= 4 is 23.0 Å². The Hall–Kier alpha value is -3.23. The van der Waals surface area contributed by atoms with Crippen LogP contribution < -0.4 is 15.4 Å². The number of amides is 1. The maximum absolute atomic E-state index is 13.1. The van der Waals surface area contributed by atoms with Crippen LogP contribution in [0.4, 0.5) is 43.4 Å². The number of hydrogen-bond donors (Lipinski definition) is 3. The van der Waals surface area contributed by atoms with Gasteiger partial charge in [-0.25, -0.2) is 0 Å². The lowest BCUT2D eigenvalue weighted by molar-refractivity contribution is -0.139. The summed E-state index contributed by atoms with van der Waals surface area (Å²) < 4.78 is 82.8. The number of rotatable bonds is 9. The van der Waals surface area contributed by atoms with Crippen LogP contribution in [-0.4, -0.2) is 67.2 Å². The van der Waals surface area contributed by atoms with Crippen LogP contribution >= 0.6 is 0 Å². The number of halogens is 6. The summed E-state index contributed by atoms with van der Waals surface area (Å²) in [6, 6.07) is 7.79. The predicted octanol–water partition coefficient (Wildman–Crippen LogP) is 4.48. The first-order chi connectivity index (χ1) is 17.4. The van der Waals surface area contributed by atoms with Crippen LogP contribution in [-0.2, 0) is 21.9 Å². The quantitative estimate of drug-likeness (QED) is 0.248. The van der Waals surface area contributed by atoms with Crippen molar-refractivity contribution in [2.45, 2.75) is 18.8 Å². The Bertz CT molecular complexity index is 1040. The number of anilines is 3. The molecule has 1 aliphatic rings. The molecule has 0 radical (unpaired) electrons. The third-order valence-electron chi connectivity index (χ3n) is 5.73. The first kappa shape index (κ1) is 28.3. The van der Waals surface area contributed by atoms with Gasteiger partial charge in [-0.3, -0.25) is 15.2 Å². The van der Waals surface area contributed by atoms with Gasteiger partial charge in [-0.2, -0.15) is 26.3 Å². The molecule has 14 heteroatoms. The fourth-order valence-corrected chi connectivity index (χ4v) is 3.78. The average Bonchev–Trinajstić information content (AvgIpc) is 2.85. The van der Waals surface area contributed by atoms with Crippen LogP contribution in [0.25, 0.3) is 0 Å². The summed E-state index contributed by atoms with van der Waals surface area (Å²) in [4.78, 5) is 15.9. The molecule has 0 bridgehead atoms. The number of benzene rings is 2. The summed E-state index contributed by atoms with van der Waals surface area (Å²) in [5.41, 5.74) is -1.98. The highest BCUT2D eigenvalue weighted by atomic mass is 19.4. The molecule has 37 heavy (non-hydrogen) atoms. The highest BCUT2D eigenvalue weighted by Gasteiger charge is 2.35. The topological polar surface area (TPSA) is 88.5 Å². The zero-order valence-electron chi connectivity index (χ0n) is 19.5. The molecule has 8 nitrogen and oxygen atoms in total. The molecule has 1 amide bonds. The molecule has 2 aromatic carbocycles. The minimum Gasteiger partial charge on any atom is -0.385 e. The van der Waals surface area contributed by atoms with Crippen LogP contribution in [0, 0.1) is 0 Å². The van der Waals surface area contributed by atoms with Crippen LogP contribution in [0.2, 0.25) is 0 Å². The molecule has 1 fully saturated rings. The van der Waals surface area contributed by atoms with Gasteiger partial charge in [-0.15, -0.1) is 5.23 Å². The lowest BCUT2D eigenvalue weighted by Crippen LogP contribution is -2.49. The molecular weight excluding hydrogens is 510 g/mol. The summed E-state index contributed by atoms with van der Waals surface area (Å²) >= 11 is 0. The number of nitrogens with one attached hydrogen (secondary N) is 1. The van der Waals surface area contributed by atoms with Gasteiger partial charge in [0.05, 0.1) is 11.1 Å². The molecule has 3 rings (SSSR count). The van der Waals surface area contributed by atoms with Gasteiger partial charge in [-0.1, -0.05) is 0 Å². The number of hydrogen-bond acceptors (Lipinski definition) is 7. The van der Waals surface area contributed by atoms with Crippen LogP contribution in [0.5, 0.6) is 0 Å². The molecule has 0 aliphatic carbocycles. The summed E-state index contributed by atoms with van der Waals surface area (Å²) in [6.07, 6.45) is -8.79. The third-order valence-corrected chi connectivity index (χ3v) is 5.73. The molecule has 0 spiro atoms. The van der Waals surface area contributed by atoms with Gasteiger partial charge in [0.15, 0.2) is 0 Å². The molecule has 0 atom stereocenters. The molecule has 204 valence electrons. The fraction of sp³-hybridized carbons (Fsp3) is 0.435. The summed E-state index contributed by atoms with van der Waals surface area (Å²) in [5.74, 6) is -0.233. The second-order valence-corrected chi connectivity index (χ2v) is 8.26. The Kier molecular flexibility index (Phi) is 9.10. The van der Waals surface area contributed by atoms with Gasteiger partial charge in [0, 0.05) is 50.7 Å². The molecule has 1 heterocycles. The van der Waals surface area contributed by atoms with Gasteiger partial charge in [-0.05, 0) is 48.9 Å². The average molecular weight is 536 g/mol. The molecule has 2 aromatic rings. The van der Waals surface area contributed by atoms with Crippen molar-refractivity contribution in [1.29, 1.82) is 0 Å². The van der Waals surface area contributed by atoms with Crippen LogP contribution in [0.3, 0.4) is 0 Å². The van der Waals surface area contributed by atoms with E-state index in [1.807, 2.05) is 4.90 Å². The van der Waals surface area contributed by atoms with E-state index in [0.29, 0.717) is 38.3 Å². The van der Waals surface area contributed by atoms with E-state index in [-0.39, 0.29) is 31.4 Å². The van der Waals surface area contributed by atoms with E-state index in [1.165, 1.54) is 18.2 Å². The molecule has 0 saturated carbocycles. The Balaban J connectivity index is 1.35. The maximum Gasteiger partial charge on any atom is 0.418 e. The summed E-state index contributed by atoms with van der Waals surface area (Å²) in [7, 11) is 0. The second kappa shape index (κ2) is 11.9. The lowest BCUT2D eigenvalue weighted by atomic mass is 10.1. The van der Waals surface area contributed by atoms with Gasteiger partial charge in [0.1, 0.15) is 12.3 Å². The predicted molar refractivity (Wildman–Crippen MR) is 122 cm³/mol. The van der Waals surface area contributed by atoms with E-state index in [1.54, 1.807) is 4.90 Å². The molecule has 0 aromatic heterocycles. The number of carbonyl (C=O) groups excluding carboxylic acids is 1. The van der Waals surface area contributed by atoms with Gasteiger partial charge >= 0.3 is 12.4 Å². The Morgan fingerprint density at radius 2 is 1.59 bits per heavy atom. The van der Waals surface area contributed by atoms with Crippen molar-refractivity contribution in [1.82, 2.24) is 4.90 Å². The molecular formula is C23H26F6N4O4. The summed E-state index contributed by atoms with van der Waals surface area (Å²) in [5, 5.41) is 20.1. The van der Waals surface area contributed by atoms with E-state index in [9.17, 15) is 31.1 Å². The number of carbonyl (C=O) groups is 1. The molecule has 1 saturated heterocycles. The molecule has 1 aliphatic heterocycles. The van der Waals surface area contributed by atoms with E-state index < -0.39 is 34.4 Å². The number of ether oxygens (including phenoxy) is 1. The van der Waals surface area contributed by atoms with Gasteiger partial charge in [0.2, 0.25) is 5.91 Å². The Labute approximate surface area is 208 Å². The number of alkyl halides is 6. The second-order valence-electron chi connectivity index (χ2n) is 8.26. The monoisotopic (exact) mass is 536 g/mol. The minimum atomic E-state index is -4.79. The Morgan fingerprint density at radius 3 is 2.16 bits per heavy atom.